The molecule has 3 aromatic rings. The number of nitriles is 1. The van der Waals surface area contributed by atoms with Gasteiger partial charge in [0.2, 0.25) is 5.75 Å². The molecule has 0 atom stereocenters. The SMILES string of the molecule is N#Cc1cc(Oc2ccc3[nH]ccc3c2)c([N+](=O)[O-])cn1. The molecule has 0 unspecified atom stereocenters. The monoisotopic (exact) mass is 280 g/mol. The molecular formula is C14H8N4O3. The molecule has 0 amide bonds. The molecule has 7 heteroatoms. The summed E-state index contributed by atoms with van der Waals surface area (Å²) < 4.78 is 5.54. The number of nitrogens with zero attached hydrogens (tertiary/aromatic N) is 3. The van der Waals surface area contributed by atoms with E-state index >= 15 is 0 Å². The molecule has 102 valence electrons. The predicted octanol–water partition coefficient (Wildman–Crippen LogP) is 3.14. The van der Waals surface area contributed by atoms with E-state index in [9.17, 15) is 10.1 Å². The average molecular weight is 280 g/mol. The van der Waals surface area contributed by atoms with E-state index in [2.05, 4.69) is 9.97 Å². The van der Waals surface area contributed by atoms with Crippen LogP contribution in [0.3, 0.4) is 0 Å². The Morgan fingerprint density at radius 1 is 1.33 bits per heavy atom. The highest BCUT2D eigenvalue weighted by Crippen LogP contribution is 2.32. The van der Waals surface area contributed by atoms with E-state index in [1.54, 1.807) is 18.3 Å². The van der Waals surface area contributed by atoms with Gasteiger partial charge in [-0.15, -0.1) is 0 Å². The Labute approximate surface area is 118 Å². The second-order valence-electron chi connectivity index (χ2n) is 4.23. The Kier molecular flexibility index (Phi) is 2.97. The molecule has 1 aromatic carbocycles. The van der Waals surface area contributed by atoms with Crippen LogP contribution in [0.5, 0.6) is 11.5 Å². The van der Waals surface area contributed by atoms with Crippen molar-refractivity contribution in [3.8, 4) is 17.6 Å². The van der Waals surface area contributed by atoms with Crippen LogP contribution < -0.4 is 4.74 Å². The van der Waals surface area contributed by atoms with Gasteiger partial charge in [-0.3, -0.25) is 10.1 Å². The molecule has 0 spiro atoms. The van der Waals surface area contributed by atoms with Crippen LogP contribution in [0.15, 0.2) is 42.7 Å². The number of nitro groups is 1. The standard InChI is InChI=1S/C14H8N4O3/c15-7-10-6-14(13(8-17-10)18(19)20)21-11-1-2-12-9(5-11)3-4-16-12/h1-6,8,16H. The van der Waals surface area contributed by atoms with Gasteiger partial charge < -0.3 is 9.72 Å². The highest BCUT2D eigenvalue weighted by Gasteiger charge is 2.17. The van der Waals surface area contributed by atoms with E-state index in [4.69, 9.17) is 10.00 Å². The minimum absolute atomic E-state index is 0.0126. The van der Waals surface area contributed by atoms with Crippen molar-refractivity contribution in [2.24, 2.45) is 0 Å². The van der Waals surface area contributed by atoms with E-state index < -0.39 is 4.92 Å². The van der Waals surface area contributed by atoms with Crippen molar-refractivity contribution in [3.05, 3.63) is 58.5 Å². The molecule has 0 aliphatic rings. The van der Waals surface area contributed by atoms with Gasteiger partial charge in [-0.25, -0.2) is 4.98 Å². The van der Waals surface area contributed by atoms with Crippen molar-refractivity contribution in [3.63, 3.8) is 0 Å². The van der Waals surface area contributed by atoms with E-state index in [1.807, 2.05) is 18.2 Å². The molecule has 0 bridgehead atoms. The first-order valence-electron chi connectivity index (χ1n) is 5.97. The quantitative estimate of drug-likeness (QED) is 0.586. The number of nitrogens with one attached hydrogen (secondary N) is 1. The number of H-pyrrole nitrogens is 1. The lowest BCUT2D eigenvalue weighted by Gasteiger charge is -2.06. The van der Waals surface area contributed by atoms with Crippen LogP contribution in [0.1, 0.15) is 5.69 Å². The third kappa shape index (κ3) is 2.37. The number of aromatic nitrogens is 2. The third-order valence-corrected chi connectivity index (χ3v) is 2.91. The fourth-order valence-corrected chi connectivity index (χ4v) is 1.93. The molecule has 2 heterocycles. The zero-order chi connectivity index (χ0) is 14.8. The lowest BCUT2D eigenvalue weighted by Crippen LogP contribution is -1.96. The fourth-order valence-electron chi connectivity index (χ4n) is 1.93. The summed E-state index contributed by atoms with van der Waals surface area (Å²) in [6.45, 7) is 0. The molecule has 1 N–H and O–H groups in total. The summed E-state index contributed by atoms with van der Waals surface area (Å²) in [5.41, 5.74) is 0.700. The van der Waals surface area contributed by atoms with Crippen molar-refractivity contribution in [2.45, 2.75) is 0 Å². The normalized spacial score (nSPS) is 10.2. The zero-order valence-electron chi connectivity index (χ0n) is 10.6. The first-order valence-corrected chi connectivity index (χ1v) is 5.97. The Bertz CT molecular complexity index is 879. The lowest BCUT2D eigenvalue weighted by molar-refractivity contribution is -0.386. The van der Waals surface area contributed by atoms with Crippen LogP contribution in [0, 0.1) is 21.4 Å². The summed E-state index contributed by atoms with van der Waals surface area (Å²) >= 11 is 0. The van der Waals surface area contributed by atoms with Crippen molar-refractivity contribution in [1.29, 1.82) is 5.26 Å². The maximum Gasteiger partial charge on any atom is 0.329 e. The summed E-state index contributed by atoms with van der Waals surface area (Å²) in [7, 11) is 0. The minimum atomic E-state index is -0.599. The highest BCUT2D eigenvalue weighted by molar-refractivity contribution is 5.80. The molecule has 21 heavy (non-hydrogen) atoms. The number of aromatic amines is 1. The smallest absolute Gasteiger partial charge is 0.329 e. The lowest BCUT2D eigenvalue weighted by atomic mass is 10.2. The number of fused-ring (bicyclic) bond motifs is 1. The van der Waals surface area contributed by atoms with Crippen molar-refractivity contribution in [2.75, 3.05) is 0 Å². The third-order valence-electron chi connectivity index (χ3n) is 2.91. The molecule has 0 aliphatic heterocycles. The first kappa shape index (κ1) is 12.6. The second kappa shape index (κ2) is 4.94. The number of benzene rings is 1. The number of hydrogen-bond acceptors (Lipinski definition) is 5. The van der Waals surface area contributed by atoms with Crippen LogP contribution in [0.25, 0.3) is 10.9 Å². The summed E-state index contributed by atoms with van der Waals surface area (Å²) in [6, 6.07) is 10.2. The highest BCUT2D eigenvalue weighted by atomic mass is 16.6. The van der Waals surface area contributed by atoms with Crippen LogP contribution in [0.4, 0.5) is 5.69 Å². The number of pyridine rings is 1. The summed E-state index contributed by atoms with van der Waals surface area (Å²) in [4.78, 5) is 17.1. The molecule has 0 aliphatic carbocycles. The number of hydrogen-bond donors (Lipinski definition) is 1. The van der Waals surface area contributed by atoms with Gasteiger partial charge in [-0.2, -0.15) is 5.26 Å². The molecular weight excluding hydrogens is 272 g/mol. The minimum Gasteiger partial charge on any atom is -0.450 e. The van der Waals surface area contributed by atoms with Gasteiger partial charge in [-0.05, 0) is 24.3 Å². The van der Waals surface area contributed by atoms with E-state index in [0.717, 1.165) is 17.1 Å². The van der Waals surface area contributed by atoms with Gasteiger partial charge in [0.05, 0.1) is 4.92 Å². The zero-order valence-corrected chi connectivity index (χ0v) is 10.6. The molecule has 0 radical (unpaired) electrons. The van der Waals surface area contributed by atoms with Crippen molar-refractivity contribution >= 4 is 16.6 Å². The maximum atomic E-state index is 11.0. The molecule has 7 nitrogen and oxygen atoms in total. The second-order valence-corrected chi connectivity index (χ2v) is 4.23. The van der Waals surface area contributed by atoms with Gasteiger partial charge in [-0.1, -0.05) is 0 Å². The van der Waals surface area contributed by atoms with Crippen LogP contribution in [-0.4, -0.2) is 14.9 Å². The number of ether oxygens (including phenoxy) is 1. The maximum absolute atomic E-state index is 11.0. The average Bonchev–Trinajstić information content (AvgIpc) is 2.94. The summed E-state index contributed by atoms with van der Waals surface area (Å²) in [5, 5.41) is 20.7. The molecule has 0 saturated carbocycles. The van der Waals surface area contributed by atoms with Crippen molar-refractivity contribution < 1.29 is 9.66 Å². The topological polar surface area (TPSA) is 105 Å². The van der Waals surface area contributed by atoms with Crippen LogP contribution in [0.2, 0.25) is 0 Å². The molecule has 3 rings (SSSR count). The van der Waals surface area contributed by atoms with Gasteiger partial charge >= 0.3 is 5.69 Å². The predicted molar refractivity (Wildman–Crippen MR) is 74.0 cm³/mol. The molecule has 2 aromatic heterocycles. The van der Waals surface area contributed by atoms with Gasteiger partial charge in [0, 0.05) is 23.2 Å². The summed E-state index contributed by atoms with van der Waals surface area (Å²) in [5.74, 6) is 0.432. The summed E-state index contributed by atoms with van der Waals surface area (Å²) in [6.07, 6.45) is 2.81. The largest absolute Gasteiger partial charge is 0.450 e. The van der Waals surface area contributed by atoms with Gasteiger partial charge in [0.15, 0.2) is 0 Å². The van der Waals surface area contributed by atoms with Gasteiger partial charge in [0.25, 0.3) is 0 Å². The molecule has 0 saturated heterocycles. The Hall–Kier alpha value is -3.40. The Morgan fingerprint density at radius 2 is 2.19 bits per heavy atom. The molecule has 0 fully saturated rings. The fraction of sp³-hybridized carbons (Fsp3) is 0. The van der Waals surface area contributed by atoms with Crippen LogP contribution in [-0.2, 0) is 0 Å². The van der Waals surface area contributed by atoms with Crippen molar-refractivity contribution in [1.82, 2.24) is 9.97 Å². The van der Waals surface area contributed by atoms with Gasteiger partial charge in [0.1, 0.15) is 23.7 Å². The Balaban J connectivity index is 2.03. The number of rotatable bonds is 3. The van der Waals surface area contributed by atoms with E-state index in [0.29, 0.717) is 5.75 Å². The Morgan fingerprint density at radius 3 is 2.95 bits per heavy atom. The van der Waals surface area contributed by atoms with Crippen LogP contribution >= 0.6 is 0 Å². The van der Waals surface area contributed by atoms with E-state index in [1.165, 1.54) is 6.07 Å². The first-order chi connectivity index (χ1) is 10.2. The van der Waals surface area contributed by atoms with E-state index in [-0.39, 0.29) is 17.1 Å².